The maximum Gasteiger partial charge on any atom is 0.124 e. The van der Waals surface area contributed by atoms with Crippen molar-refractivity contribution in [2.45, 2.75) is 12.1 Å². The first-order valence-corrected chi connectivity index (χ1v) is 13.5. The fourth-order valence-electron chi connectivity index (χ4n) is 6.22. The number of benzene rings is 4. The lowest BCUT2D eigenvalue weighted by Gasteiger charge is -2.36. The molecule has 0 fully saturated rings. The Morgan fingerprint density at radius 2 is 1.12 bits per heavy atom. The lowest BCUT2D eigenvalue weighted by atomic mass is 9.97. The Morgan fingerprint density at radius 3 is 1.80 bits per heavy atom. The Balaban J connectivity index is 1.38. The zero-order valence-corrected chi connectivity index (χ0v) is 21.7. The molecule has 2 aliphatic rings. The van der Waals surface area contributed by atoms with E-state index < -0.39 is 0 Å². The van der Waals surface area contributed by atoms with E-state index in [-0.39, 0.29) is 12.1 Å². The summed E-state index contributed by atoms with van der Waals surface area (Å²) in [5, 5.41) is 0. The predicted octanol–water partition coefficient (Wildman–Crippen LogP) is 7.97. The summed E-state index contributed by atoms with van der Waals surface area (Å²) in [6.45, 7) is 0. The summed E-state index contributed by atoms with van der Waals surface area (Å²) in [5.41, 5.74) is 10.8. The van der Waals surface area contributed by atoms with Gasteiger partial charge in [-0.1, -0.05) is 97.1 Å². The first-order chi connectivity index (χ1) is 19.9. The van der Waals surface area contributed by atoms with Crippen molar-refractivity contribution in [2.75, 3.05) is 9.80 Å². The molecule has 2 aliphatic heterocycles. The quantitative estimate of drug-likeness (QED) is 0.238. The number of pyridine rings is 1. The average molecular weight is 516 g/mol. The van der Waals surface area contributed by atoms with Gasteiger partial charge in [-0.2, -0.15) is 0 Å². The van der Waals surface area contributed by atoms with Crippen LogP contribution in [0.25, 0.3) is 22.5 Å². The van der Waals surface area contributed by atoms with Crippen LogP contribution >= 0.6 is 0 Å². The van der Waals surface area contributed by atoms with Gasteiger partial charge in [0.05, 0.1) is 34.9 Å². The monoisotopic (exact) mass is 515 g/mol. The van der Waals surface area contributed by atoms with Crippen LogP contribution < -0.4 is 9.80 Å². The van der Waals surface area contributed by atoms with Gasteiger partial charge in [0.2, 0.25) is 0 Å². The number of fused-ring (bicyclic) bond motifs is 5. The molecule has 5 nitrogen and oxygen atoms in total. The van der Waals surface area contributed by atoms with Gasteiger partial charge in [0, 0.05) is 28.2 Å². The van der Waals surface area contributed by atoms with Gasteiger partial charge in [-0.3, -0.25) is 0 Å². The molecule has 0 bridgehead atoms. The minimum atomic E-state index is -0.0406. The van der Waals surface area contributed by atoms with E-state index >= 15 is 0 Å². The molecule has 0 aliphatic carbocycles. The van der Waals surface area contributed by atoms with Crippen LogP contribution in [0.4, 0.5) is 22.7 Å². The van der Waals surface area contributed by atoms with Gasteiger partial charge in [0.25, 0.3) is 0 Å². The SMILES string of the molecule is c1ccc(-c2cc(N3c4cncnc4C4c5ccccc5N(c5ccccc5)C43)cc(-c3ccccc3)n2)cc1. The van der Waals surface area contributed by atoms with Crippen molar-refractivity contribution < 1.29 is 0 Å². The predicted molar refractivity (Wildman–Crippen MR) is 160 cm³/mol. The molecule has 190 valence electrons. The summed E-state index contributed by atoms with van der Waals surface area (Å²) in [4.78, 5) is 19.4. The summed E-state index contributed by atoms with van der Waals surface area (Å²) in [6, 6.07) is 44.5. The van der Waals surface area contributed by atoms with Crippen LogP contribution in [0.2, 0.25) is 0 Å². The first kappa shape index (κ1) is 22.7. The Hall–Kier alpha value is -5.29. The summed E-state index contributed by atoms with van der Waals surface area (Å²) >= 11 is 0. The van der Waals surface area contributed by atoms with Gasteiger partial charge in [-0.05, 0) is 35.9 Å². The molecule has 0 spiro atoms. The smallest absolute Gasteiger partial charge is 0.124 e. The number of anilines is 4. The third-order valence-electron chi connectivity index (χ3n) is 7.90. The fraction of sp³-hybridized carbons (Fsp3) is 0.0571. The van der Waals surface area contributed by atoms with Crippen molar-refractivity contribution in [1.82, 2.24) is 15.0 Å². The molecule has 0 saturated carbocycles. The molecule has 2 aromatic heterocycles. The largest absolute Gasteiger partial charge is 0.319 e. The van der Waals surface area contributed by atoms with E-state index in [1.165, 1.54) is 11.3 Å². The fourth-order valence-corrected chi connectivity index (χ4v) is 6.22. The van der Waals surface area contributed by atoms with Crippen molar-refractivity contribution in [3.63, 3.8) is 0 Å². The molecule has 6 aromatic rings. The molecular weight excluding hydrogens is 490 g/mol. The van der Waals surface area contributed by atoms with Crippen LogP contribution in [0, 0.1) is 0 Å². The van der Waals surface area contributed by atoms with E-state index in [9.17, 15) is 0 Å². The number of para-hydroxylation sites is 2. The van der Waals surface area contributed by atoms with Crippen molar-refractivity contribution >= 4 is 22.7 Å². The molecule has 2 atom stereocenters. The van der Waals surface area contributed by atoms with Crippen LogP contribution in [0.1, 0.15) is 17.2 Å². The number of rotatable bonds is 4. The maximum atomic E-state index is 5.13. The Morgan fingerprint density at radius 1 is 0.550 bits per heavy atom. The highest BCUT2D eigenvalue weighted by molar-refractivity contribution is 5.86. The maximum absolute atomic E-state index is 5.13. The average Bonchev–Trinajstić information content (AvgIpc) is 3.55. The zero-order chi connectivity index (χ0) is 26.5. The van der Waals surface area contributed by atoms with Gasteiger partial charge in [-0.25, -0.2) is 15.0 Å². The second-order valence-corrected chi connectivity index (χ2v) is 10.1. The van der Waals surface area contributed by atoms with Gasteiger partial charge >= 0.3 is 0 Å². The van der Waals surface area contributed by atoms with E-state index in [0.717, 1.165) is 45.3 Å². The minimum absolute atomic E-state index is 0.0406. The molecule has 0 amide bonds. The normalized spacial score (nSPS) is 16.9. The first-order valence-electron chi connectivity index (χ1n) is 13.5. The van der Waals surface area contributed by atoms with E-state index in [0.29, 0.717) is 0 Å². The molecule has 0 saturated heterocycles. The molecule has 0 radical (unpaired) electrons. The second kappa shape index (κ2) is 9.17. The molecule has 8 rings (SSSR count). The van der Waals surface area contributed by atoms with Crippen LogP contribution in [0.3, 0.4) is 0 Å². The molecular formula is C35H25N5. The summed E-state index contributed by atoms with van der Waals surface area (Å²) < 4.78 is 0. The molecule has 0 N–H and O–H groups in total. The molecule has 4 heterocycles. The van der Waals surface area contributed by atoms with Gasteiger partial charge in [0.1, 0.15) is 12.5 Å². The number of aromatic nitrogens is 3. The summed E-state index contributed by atoms with van der Waals surface area (Å²) in [7, 11) is 0. The Labute approximate surface area is 233 Å². The molecule has 4 aromatic carbocycles. The number of nitrogens with zero attached hydrogens (tertiary/aromatic N) is 5. The van der Waals surface area contributed by atoms with E-state index in [4.69, 9.17) is 9.97 Å². The lowest BCUT2D eigenvalue weighted by molar-refractivity contribution is 0.661. The Bertz CT molecular complexity index is 1750. The molecule has 2 unspecified atom stereocenters. The second-order valence-electron chi connectivity index (χ2n) is 10.1. The minimum Gasteiger partial charge on any atom is -0.319 e. The number of hydrogen-bond acceptors (Lipinski definition) is 5. The highest BCUT2D eigenvalue weighted by Crippen LogP contribution is 2.57. The number of hydrogen-bond donors (Lipinski definition) is 0. The highest BCUT2D eigenvalue weighted by Gasteiger charge is 2.51. The van der Waals surface area contributed by atoms with E-state index in [1.807, 2.05) is 18.3 Å². The Kier molecular flexibility index (Phi) is 5.20. The van der Waals surface area contributed by atoms with Crippen molar-refractivity contribution in [2.24, 2.45) is 0 Å². The van der Waals surface area contributed by atoms with Crippen molar-refractivity contribution in [3.05, 3.63) is 151 Å². The van der Waals surface area contributed by atoms with Gasteiger partial charge < -0.3 is 9.80 Å². The molecule has 5 heteroatoms. The third kappa shape index (κ3) is 3.52. The van der Waals surface area contributed by atoms with Crippen LogP contribution in [0.5, 0.6) is 0 Å². The lowest BCUT2D eigenvalue weighted by Crippen LogP contribution is -2.40. The standard InChI is InChI=1S/C35H25N5/c1-4-12-24(13-5-1)29-20-27(21-30(38-29)25-14-6-2-7-15-25)40-32-22-36-23-37-34(32)33-28-18-10-11-19-31(28)39(35(33)40)26-16-8-3-9-17-26/h1-23,33,35H. The van der Waals surface area contributed by atoms with Crippen molar-refractivity contribution in [3.8, 4) is 22.5 Å². The van der Waals surface area contributed by atoms with E-state index in [2.05, 4.69) is 130 Å². The van der Waals surface area contributed by atoms with E-state index in [1.54, 1.807) is 6.33 Å². The van der Waals surface area contributed by atoms with Crippen molar-refractivity contribution in [1.29, 1.82) is 0 Å². The van der Waals surface area contributed by atoms with Crippen LogP contribution in [0.15, 0.2) is 140 Å². The zero-order valence-electron chi connectivity index (χ0n) is 21.7. The third-order valence-corrected chi connectivity index (χ3v) is 7.90. The highest BCUT2D eigenvalue weighted by atomic mass is 15.4. The van der Waals surface area contributed by atoms with Gasteiger partial charge in [-0.15, -0.1) is 0 Å². The topological polar surface area (TPSA) is 45.2 Å². The molecule has 40 heavy (non-hydrogen) atoms. The van der Waals surface area contributed by atoms with Crippen LogP contribution in [-0.2, 0) is 0 Å². The van der Waals surface area contributed by atoms with Crippen LogP contribution in [-0.4, -0.2) is 21.1 Å². The van der Waals surface area contributed by atoms with Gasteiger partial charge in [0.15, 0.2) is 0 Å². The summed E-state index contributed by atoms with van der Waals surface area (Å²) in [6.07, 6.45) is 3.59. The summed E-state index contributed by atoms with van der Waals surface area (Å²) in [5.74, 6) is 0.0721.